The molecule has 11 rings (SSSR count). The van der Waals surface area contributed by atoms with Crippen LogP contribution in [0.2, 0.25) is 0 Å². The van der Waals surface area contributed by atoms with Gasteiger partial charge in [0.2, 0.25) is 0 Å². The second-order valence-corrected chi connectivity index (χ2v) is 14.2. The second-order valence-electron chi connectivity index (χ2n) is 14.2. The van der Waals surface area contributed by atoms with Crippen molar-refractivity contribution in [3.8, 4) is 56.7 Å². The van der Waals surface area contributed by atoms with Gasteiger partial charge in [-0.05, 0) is 66.2 Å². The van der Waals surface area contributed by atoms with Crippen LogP contribution in [0, 0.1) is 5.82 Å². The maximum atomic E-state index is 14.8. The molecule has 57 heavy (non-hydrogen) atoms. The number of aromatic nitrogens is 5. The minimum Gasteiger partial charge on any atom is -0.309 e. The standard InChI is InChI=1S/C51H32FN5/c52-43-20-10-7-17-39(43)33-23-27-38(28-24-33)57-44-21-11-8-18-40(44)41-31-32-46-47(48(41)57)42-19-9-12-22-45(42)56(46)37-29-25-36(26-30-37)51-54-49(34-13-3-1-4-14-34)53-50(55-51)35-15-5-2-6-16-35/h1-32H. The zero-order valence-corrected chi connectivity index (χ0v) is 30.6. The molecule has 0 fully saturated rings. The van der Waals surface area contributed by atoms with Gasteiger partial charge in [0.1, 0.15) is 5.82 Å². The normalized spacial score (nSPS) is 11.6. The van der Waals surface area contributed by atoms with Crippen LogP contribution in [0.5, 0.6) is 0 Å². The van der Waals surface area contributed by atoms with E-state index in [1.807, 2.05) is 84.9 Å². The maximum Gasteiger partial charge on any atom is 0.164 e. The first kappa shape index (κ1) is 32.7. The SMILES string of the molecule is Fc1ccccc1-c1ccc(-n2c3ccccc3c3ccc4c(c5ccccc5n4-c4ccc(-c5nc(-c6ccccc6)nc(-c6ccccc6)n5)cc4)c32)cc1. The molecule has 0 radical (unpaired) electrons. The van der Waals surface area contributed by atoms with E-state index in [0.717, 1.165) is 61.1 Å². The zero-order chi connectivity index (χ0) is 37.9. The Morgan fingerprint density at radius 1 is 0.333 bits per heavy atom. The summed E-state index contributed by atoms with van der Waals surface area (Å²) in [6.45, 7) is 0. The minimum atomic E-state index is -0.230. The molecule has 0 unspecified atom stereocenters. The topological polar surface area (TPSA) is 48.5 Å². The summed E-state index contributed by atoms with van der Waals surface area (Å²) in [5, 5.41) is 4.68. The number of rotatable bonds is 6. The summed E-state index contributed by atoms with van der Waals surface area (Å²) < 4.78 is 19.5. The van der Waals surface area contributed by atoms with E-state index in [1.165, 1.54) is 22.2 Å². The molecule has 0 atom stereocenters. The van der Waals surface area contributed by atoms with Crippen molar-refractivity contribution in [2.24, 2.45) is 0 Å². The van der Waals surface area contributed by atoms with E-state index in [9.17, 15) is 4.39 Å². The van der Waals surface area contributed by atoms with Crippen LogP contribution in [0.3, 0.4) is 0 Å². The third-order valence-corrected chi connectivity index (χ3v) is 10.9. The first-order valence-electron chi connectivity index (χ1n) is 19.0. The minimum absolute atomic E-state index is 0.230. The Bertz CT molecular complexity index is 3220. The molecule has 11 aromatic rings. The smallest absolute Gasteiger partial charge is 0.164 e. The summed E-state index contributed by atoms with van der Waals surface area (Å²) in [6.07, 6.45) is 0. The molecule has 3 heterocycles. The van der Waals surface area contributed by atoms with E-state index < -0.39 is 0 Å². The van der Waals surface area contributed by atoms with Crippen LogP contribution in [0.25, 0.3) is 100 Å². The number of halogens is 1. The van der Waals surface area contributed by atoms with Crippen molar-refractivity contribution in [2.75, 3.05) is 0 Å². The molecule has 8 aromatic carbocycles. The van der Waals surface area contributed by atoms with Crippen LogP contribution < -0.4 is 0 Å². The Kier molecular flexibility index (Phi) is 7.60. The Morgan fingerprint density at radius 3 is 1.42 bits per heavy atom. The largest absolute Gasteiger partial charge is 0.309 e. The van der Waals surface area contributed by atoms with Crippen molar-refractivity contribution in [2.45, 2.75) is 0 Å². The van der Waals surface area contributed by atoms with Gasteiger partial charge in [0.15, 0.2) is 17.5 Å². The average Bonchev–Trinajstić information content (AvgIpc) is 3.80. The van der Waals surface area contributed by atoms with Gasteiger partial charge < -0.3 is 9.13 Å². The maximum absolute atomic E-state index is 14.8. The van der Waals surface area contributed by atoms with Crippen LogP contribution in [0.15, 0.2) is 194 Å². The van der Waals surface area contributed by atoms with Crippen molar-refractivity contribution in [1.29, 1.82) is 0 Å². The lowest BCUT2D eigenvalue weighted by Gasteiger charge is -2.12. The van der Waals surface area contributed by atoms with Crippen molar-refractivity contribution in [3.05, 3.63) is 200 Å². The summed E-state index contributed by atoms with van der Waals surface area (Å²) in [6, 6.07) is 65.4. The Labute approximate surface area is 327 Å². The van der Waals surface area contributed by atoms with Gasteiger partial charge >= 0.3 is 0 Å². The van der Waals surface area contributed by atoms with Gasteiger partial charge in [0.05, 0.1) is 22.1 Å². The number of hydrogen-bond acceptors (Lipinski definition) is 3. The Balaban J connectivity index is 1.09. The highest BCUT2D eigenvalue weighted by molar-refractivity contribution is 6.26. The van der Waals surface area contributed by atoms with E-state index in [-0.39, 0.29) is 5.82 Å². The van der Waals surface area contributed by atoms with E-state index >= 15 is 0 Å². The molecule has 3 aromatic heterocycles. The molecule has 6 heteroatoms. The lowest BCUT2D eigenvalue weighted by Crippen LogP contribution is -2.00. The van der Waals surface area contributed by atoms with Gasteiger partial charge in [-0.2, -0.15) is 0 Å². The summed E-state index contributed by atoms with van der Waals surface area (Å²) in [4.78, 5) is 14.8. The van der Waals surface area contributed by atoms with Gasteiger partial charge in [-0.1, -0.05) is 133 Å². The number of hydrogen-bond donors (Lipinski definition) is 0. The van der Waals surface area contributed by atoms with Gasteiger partial charge in [0.25, 0.3) is 0 Å². The van der Waals surface area contributed by atoms with Crippen LogP contribution in [-0.2, 0) is 0 Å². The molecular weight excluding hydrogens is 702 g/mol. The van der Waals surface area contributed by atoms with Gasteiger partial charge in [-0.25, -0.2) is 19.3 Å². The predicted molar refractivity (Wildman–Crippen MR) is 230 cm³/mol. The predicted octanol–water partition coefficient (Wildman–Crippen LogP) is 12.9. The lowest BCUT2D eigenvalue weighted by atomic mass is 10.0. The van der Waals surface area contributed by atoms with E-state index in [1.54, 1.807) is 6.07 Å². The summed E-state index contributed by atoms with van der Waals surface area (Å²) in [5.74, 6) is 1.65. The Hall–Kier alpha value is -7.70. The molecule has 0 bridgehead atoms. The molecule has 0 spiro atoms. The summed E-state index contributed by atoms with van der Waals surface area (Å²) in [7, 11) is 0. The number of para-hydroxylation sites is 2. The van der Waals surface area contributed by atoms with Crippen LogP contribution in [-0.4, -0.2) is 24.1 Å². The average molecular weight is 734 g/mol. The van der Waals surface area contributed by atoms with E-state index in [2.05, 4.69) is 106 Å². The number of fused-ring (bicyclic) bond motifs is 7. The third kappa shape index (κ3) is 5.41. The molecule has 268 valence electrons. The van der Waals surface area contributed by atoms with E-state index in [4.69, 9.17) is 15.0 Å². The fourth-order valence-electron chi connectivity index (χ4n) is 8.24. The van der Waals surface area contributed by atoms with Crippen molar-refractivity contribution in [1.82, 2.24) is 24.1 Å². The monoisotopic (exact) mass is 733 g/mol. The molecule has 0 saturated heterocycles. The Morgan fingerprint density at radius 2 is 0.807 bits per heavy atom. The highest BCUT2D eigenvalue weighted by atomic mass is 19.1. The first-order valence-corrected chi connectivity index (χ1v) is 19.0. The summed E-state index contributed by atoms with van der Waals surface area (Å²) in [5.41, 5.74) is 10.7. The molecule has 5 nitrogen and oxygen atoms in total. The van der Waals surface area contributed by atoms with Gasteiger partial charge in [0, 0.05) is 55.2 Å². The van der Waals surface area contributed by atoms with E-state index in [0.29, 0.717) is 23.0 Å². The van der Waals surface area contributed by atoms with Gasteiger partial charge in [-0.3, -0.25) is 0 Å². The molecule has 0 aliphatic carbocycles. The third-order valence-electron chi connectivity index (χ3n) is 10.9. The highest BCUT2D eigenvalue weighted by Crippen LogP contribution is 2.42. The fraction of sp³-hybridized carbons (Fsp3) is 0. The van der Waals surface area contributed by atoms with Crippen LogP contribution >= 0.6 is 0 Å². The second kappa shape index (κ2) is 13.3. The quantitative estimate of drug-likeness (QED) is 0.171. The first-order chi connectivity index (χ1) is 28.2. The fourth-order valence-corrected chi connectivity index (χ4v) is 8.24. The molecular formula is C51H32FN5. The molecule has 0 aliphatic rings. The van der Waals surface area contributed by atoms with Crippen molar-refractivity contribution < 1.29 is 4.39 Å². The molecule has 0 aliphatic heterocycles. The molecule has 0 saturated carbocycles. The summed E-state index contributed by atoms with van der Waals surface area (Å²) >= 11 is 0. The zero-order valence-electron chi connectivity index (χ0n) is 30.6. The van der Waals surface area contributed by atoms with Crippen molar-refractivity contribution >= 4 is 43.6 Å². The molecule has 0 N–H and O–H groups in total. The highest BCUT2D eigenvalue weighted by Gasteiger charge is 2.21. The number of benzene rings is 8. The van der Waals surface area contributed by atoms with Gasteiger partial charge in [-0.15, -0.1) is 0 Å². The van der Waals surface area contributed by atoms with Crippen LogP contribution in [0.1, 0.15) is 0 Å². The molecule has 0 amide bonds. The number of nitrogens with zero attached hydrogens (tertiary/aromatic N) is 5. The van der Waals surface area contributed by atoms with Crippen LogP contribution in [0.4, 0.5) is 4.39 Å². The lowest BCUT2D eigenvalue weighted by molar-refractivity contribution is 0.631. The van der Waals surface area contributed by atoms with Crippen molar-refractivity contribution in [3.63, 3.8) is 0 Å².